The van der Waals surface area contributed by atoms with Gasteiger partial charge in [0, 0.05) is 18.5 Å². The molecule has 5 rings (SSSR count). The Hall–Kier alpha value is -1.55. The van der Waals surface area contributed by atoms with E-state index in [0.29, 0.717) is 11.8 Å². The van der Waals surface area contributed by atoms with Gasteiger partial charge in [-0.15, -0.1) is 0 Å². The van der Waals surface area contributed by atoms with Gasteiger partial charge in [0.2, 0.25) is 0 Å². The van der Waals surface area contributed by atoms with Crippen LogP contribution in [0.4, 0.5) is 4.79 Å². The average Bonchev–Trinajstić information content (AvgIpc) is 3.28. The molecular formula is C17H22N2O2. The number of alkyl carbamates (subject to hydrolysis) is 1. The Kier molecular flexibility index (Phi) is 3.34. The molecule has 112 valence electrons. The minimum atomic E-state index is -0.225. The van der Waals surface area contributed by atoms with Crippen LogP contribution in [0, 0.1) is 5.92 Å². The number of rotatable bonds is 3. The molecular weight excluding hydrogens is 264 g/mol. The van der Waals surface area contributed by atoms with Gasteiger partial charge in [0.25, 0.3) is 0 Å². The number of benzene rings is 1. The summed E-state index contributed by atoms with van der Waals surface area (Å²) in [6, 6.07) is 10.6. The second-order valence-corrected chi connectivity index (χ2v) is 6.59. The summed E-state index contributed by atoms with van der Waals surface area (Å²) in [5.41, 5.74) is 1.31. The minimum absolute atomic E-state index is 0.0985. The number of ether oxygens (including phenoxy) is 1. The molecule has 4 aliphatic rings. The molecule has 1 aromatic carbocycles. The lowest BCUT2D eigenvalue weighted by Gasteiger charge is -2.43. The maximum absolute atomic E-state index is 12.1. The fraction of sp³-hybridized carbons (Fsp3) is 0.588. The normalized spacial score (nSPS) is 37.0. The van der Waals surface area contributed by atoms with E-state index in [1.807, 2.05) is 6.07 Å². The fourth-order valence-corrected chi connectivity index (χ4v) is 3.79. The lowest BCUT2D eigenvalue weighted by atomic mass is 9.86. The van der Waals surface area contributed by atoms with E-state index in [-0.39, 0.29) is 18.2 Å². The zero-order chi connectivity index (χ0) is 14.2. The van der Waals surface area contributed by atoms with E-state index in [4.69, 9.17) is 4.74 Å². The number of amides is 1. The Morgan fingerprint density at radius 3 is 2.62 bits per heavy atom. The highest BCUT2D eigenvalue weighted by atomic mass is 16.6. The van der Waals surface area contributed by atoms with Gasteiger partial charge >= 0.3 is 6.09 Å². The zero-order valence-corrected chi connectivity index (χ0v) is 12.2. The first-order valence-electron chi connectivity index (χ1n) is 8.04. The molecule has 1 saturated carbocycles. The van der Waals surface area contributed by atoms with E-state index in [9.17, 15) is 4.79 Å². The quantitative estimate of drug-likeness (QED) is 0.927. The maximum Gasteiger partial charge on any atom is 0.407 e. The number of hydrogen-bond donors (Lipinski definition) is 1. The molecule has 0 spiro atoms. The standard InChI is InChI=1S/C17H22N2O2/c20-17(21-16-11-19-8-6-13(16)7-9-19)18-15-10-14(15)12-4-2-1-3-5-12/h1-5,13-16H,6-11H2,(H,18,20)/t14-,15+,16?/m0/s1. The second kappa shape index (κ2) is 5.34. The molecule has 3 saturated heterocycles. The van der Waals surface area contributed by atoms with Crippen molar-refractivity contribution < 1.29 is 9.53 Å². The molecule has 3 atom stereocenters. The van der Waals surface area contributed by atoms with Gasteiger partial charge in [-0.25, -0.2) is 4.79 Å². The number of carbonyl (C=O) groups excluding carboxylic acids is 1. The van der Waals surface area contributed by atoms with Gasteiger partial charge in [0.05, 0.1) is 0 Å². The molecule has 1 aliphatic carbocycles. The third-order valence-electron chi connectivity index (χ3n) is 5.18. The minimum Gasteiger partial charge on any atom is -0.445 e. The van der Waals surface area contributed by atoms with Crippen molar-refractivity contribution in [3.05, 3.63) is 35.9 Å². The molecule has 0 aromatic heterocycles. The lowest BCUT2D eigenvalue weighted by Crippen LogP contribution is -2.52. The Labute approximate surface area is 125 Å². The molecule has 3 heterocycles. The molecule has 3 aliphatic heterocycles. The van der Waals surface area contributed by atoms with Crippen molar-refractivity contribution in [2.45, 2.75) is 37.3 Å². The van der Waals surface area contributed by atoms with Gasteiger partial charge in [-0.2, -0.15) is 0 Å². The Morgan fingerprint density at radius 2 is 1.95 bits per heavy atom. The molecule has 4 heteroatoms. The first-order chi connectivity index (χ1) is 10.3. The summed E-state index contributed by atoms with van der Waals surface area (Å²) in [7, 11) is 0. The first-order valence-corrected chi connectivity index (χ1v) is 8.04. The van der Waals surface area contributed by atoms with Gasteiger partial charge in [-0.05, 0) is 43.8 Å². The topological polar surface area (TPSA) is 41.6 Å². The number of fused-ring (bicyclic) bond motifs is 3. The highest BCUT2D eigenvalue weighted by Gasteiger charge is 2.41. The van der Waals surface area contributed by atoms with E-state index < -0.39 is 0 Å². The van der Waals surface area contributed by atoms with Crippen molar-refractivity contribution in [1.29, 1.82) is 0 Å². The van der Waals surface area contributed by atoms with Gasteiger partial charge in [-0.1, -0.05) is 30.3 Å². The summed E-state index contributed by atoms with van der Waals surface area (Å²) >= 11 is 0. The van der Waals surface area contributed by atoms with Crippen molar-refractivity contribution in [2.24, 2.45) is 5.92 Å². The summed E-state index contributed by atoms with van der Waals surface area (Å²) in [4.78, 5) is 14.5. The van der Waals surface area contributed by atoms with Crippen LogP contribution in [-0.4, -0.2) is 42.8 Å². The number of hydrogen-bond acceptors (Lipinski definition) is 3. The van der Waals surface area contributed by atoms with E-state index in [1.165, 1.54) is 31.5 Å². The highest BCUT2D eigenvalue weighted by molar-refractivity contribution is 5.68. The second-order valence-electron chi connectivity index (χ2n) is 6.59. The molecule has 1 aromatic rings. The SMILES string of the molecule is O=C(N[C@@H]1C[C@H]1c1ccccc1)OC1CN2CCC1CC2. The first kappa shape index (κ1) is 13.1. The van der Waals surface area contributed by atoms with Gasteiger partial charge in [-0.3, -0.25) is 4.90 Å². The lowest BCUT2D eigenvalue weighted by molar-refractivity contribution is -0.0332. The largest absolute Gasteiger partial charge is 0.445 e. The average molecular weight is 286 g/mol. The number of piperidine rings is 3. The summed E-state index contributed by atoms with van der Waals surface area (Å²) in [5, 5.41) is 3.03. The van der Waals surface area contributed by atoms with Gasteiger partial charge in [0.15, 0.2) is 0 Å². The summed E-state index contributed by atoms with van der Waals surface area (Å²) in [6.07, 6.45) is 3.25. The van der Waals surface area contributed by atoms with Crippen molar-refractivity contribution in [3.8, 4) is 0 Å². The number of carbonyl (C=O) groups is 1. The van der Waals surface area contributed by atoms with E-state index in [1.54, 1.807) is 0 Å². The molecule has 21 heavy (non-hydrogen) atoms. The summed E-state index contributed by atoms with van der Waals surface area (Å²) in [5.74, 6) is 1.04. The van der Waals surface area contributed by atoms with E-state index in [0.717, 1.165) is 13.0 Å². The maximum atomic E-state index is 12.1. The molecule has 4 nitrogen and oxygen atoms in total. The van der Waals surface area contributed by atoms with Gasteiger partial charge in [0.1, 0.15) is 6.10 Å². The van der Waals surface area contributed by atoms with E-state index >= 15 is 0 Å². The molecule has 4 fully saturated rings. The molecule has 1 amide bonds. The predicted octanol–water partition coefficient (Wildman–Crippen LogP) is 2.36. The Balaban J connectivity index is 1.28. The van der Waals surface area contributed by atoms with Crippen LogP contribution in [0.2, 0.25) is 0 Å². The summed E-state index contributed by atoms with van der Waals surface area (Å²) < 4.78 is 5.67. The van der Waals surface area contributed by atoms with Crippen LogP contribution in [0.1, 0.15) is 30.7 Å². The van der Waals surface area contributed by atoms with Crippen molar-refractivity contribution in [3.63, 3.8) is 0 Å². The van der Waals surface area contributed by atoms with Crippen LogP contribution in [0.25, 0.3) is 0 Å². The van der Waals surface area contributed by atoms with Crippen molar-refractivity contribution in [2.75, 3.05) is 19.6 Å². The van der Waals surface area contributed by atoms with Crippen molar-refractivity contribution in [1.82, 2.24) is 10.2 Å². The van der Waals surface area contributed by atoms with E-state index in [2.05, 4.69) is 34.5 Å². The van der Waals surface area contributed by atoms with Crippen LogP contribution in [0.3, 0.4) is 0 Å². The monoisotopic (exact) mass is 286 g/mol. The third kappa shape index (κ3) is 2.77. The number of nitrogens with one attached hydrogen (secondary N) is 1. The molecule has 1 N–H and O–H groups in total. The van der Waals surface area contributed by atoms with Crippen LogP contribution in [0.5, 0.6) is 0 Å². The fourth-order valence-electron chi connectivity index (χ4n) is 3.79. The van der Waals surface area contributed by atoms with Crippen LogP contribution >= 0.6 is 0 Å². The van der Waals surface area contributed by atoms with Crippen molar-refractivity contribution >= 4 is 6.09 Å². The predicted molar refractivity (Wildman–Crippen MR) is 80.2 cm³/mol. The Morgan fingerprint density at radius 1 is 1.19 bits per heavy atom. The third-order valence-corrected chi connectivity index (χ3v) is 5.18. The highest BCUT2D eigenvalue weighted by Crippen LogP contribution is 2.40. The smallest absolute Gasteiger partial charge is 0.407 e. The van der Waals surface area contributed by atoms with Crippen LogP contribution in [0.15, 0.2) is 30.3 Å². The van der Waals surface area contributed by atoms with Gasteiger partial charge < -0.3 is 10.1 Å². The zero-order valence-electron chi connectivity index (χ0n) is 12.2. The number of nitrogens with zero attached hydrogens (tertiary/aromatic N) is 1. The van der Waals surface area contributed by atoms with Crippen LogP contribution < -0.4 is 5.32 Å². The summed E-state index contributed by atoms with van der Waals surface area (Å²) in [6.45, 7) is 3.26. The molecule has 0 radical (unpaired) electrons. The molecule has 2 bridgehead atoms. The Bertz CT molecular complexity index is 511. The van der Waals surface area contributed by atoms with Crippen LogP contribution in [-0.2, 0) is 4.74 Å². The molecule has 1 unspecified atom stereocenters.